The van der Waals surface area contributed by atoms with Crippen LogP contribution in [0.4, 0.5) is 5.69 Å². The molecule has 0 saturated carbocycles. The quantitative estimate of drug-likeness (QED) is 0.859. The molecule has 2 rings (SSSR count). The van der Waals surface area contributed by atoms with Crippen molar-refractivity contribution in [1.82, 2.24) is 4.98 Å². The van der Waals surface area contributed by atoms with E-state index in [9.17, 15) is 4.79 Å². The van der Waals surface area contributed by atoms with Gasteiger partial charge in [0.15, 0.2) is 0 Å². The lowest BCUT2D eigenvalue weighted by Gasteiger charge is -2.18. The molecule has 0 saturated heterocycles. The highest BCUT2D eigenvalue weighted by Crippen LogP contribution is 2.21. The summed E-state index contributed by atoms with van der Waals surface area (Å²) in [7, 11) is 1.74. The van der Waals surface area contributed by atoms with Crippen molar-refractivity contribution < 1.29 is 4.79 Å². The number of aromatic nitrogens is 1. The molecule has 104 valence electrons. The third kappa shape index (κ3) is 2.99. The molecule has 1 amide bonds. The highest BCUT2D eigenvalue weighted by molar-refractivity contribution is 6.34. The fourth-order valence-corrected chi connectivity index (χ4v) is 2.22. The van der Waals surface area contributed by atoms with Crippen molar-refractivity contribution in [3.8, 4) is 0 Å². The summed E-state index contributed by atoms with van der Waals surface area (Å²) >= 11 is 6.12. The minimum absolute atomic E-state index is 0.160. The van der Waals surface area contributed by atoms with Gasteiger partial charge in [0.2, 0.25) is 0 Å². The van der Waals surface area contributed by atoms with Crippen LogP contribution in [0.15, 0.2) is 36.5 Å². The van der Waals surface area contributed by atoms with E-state index in [4.69, 9.17) is 11.6 Å². The molecule has 2 aromatic rings. The molecule has 1 aromatic heterocycles. The van der Waals surface area contributed by atoms with Gasteiger partial charge in [0.25, 0.3) is 5.91 Å². The van der Waals surface area contributed by atoms with Crippen molar-refractivity contribution in [1.29, 1.82) is 0 Å². The molecule has 0 fully saturated rings. The van der Waals surface area contributed by atoms with Gasteiger partial charge in [0.1, 0.15) is 0 Å². The van der Waals surface area contributed by atoms with Crippen LogP contribution < -0.4 is 4.90 Å². The standard InChI is InChI=1S/C16H17ClN2O/c1-4-12-5-7-13(8-6-12)19(3)16(20)14-10-18-11(2)9-15(14)17/h5-10H,4H2,1-3H3. The maximum absolute atomic E-state index is 12.4. The van der Waals surface area contributed by atoms with Crippen LogP contribution in [0.25, 0.3) is 0 Å². The van der Waals surface area contributed by atoms with Crippen LogP contribution in [0, 0.1) is 6.92 Å². The smallest absolute Gasteiger partial charge is 0.261 e. The minimum Gasteiger partial charge on any atom is -0.311 e. The van der Waals surface area contributed by atoms with Gasteiger partial charge in [-0.1, -0.05) is 30.7 Å². The van der Waals surface area contributed by atoms with Crippen LogP contribution in [-0.4, -0.2) is 17.9 Å². The van der Waals surface area contributed by atoms with Crippen molar-refractivity contribution in [2.45, 2.75) is 20.3 Å². The molecule has 0 bridgehead atoms. The zero-order valence-corrected chi connectivity index (χ0v) is 12.6. The van der Waals surface area contributed by atoms with Gasteiger partial charge in [-0.15, -0.1) is 0 Å². The van der Waals surface area contributed by atoms with E-state index in [1.54, 1.807) is 18.0 Å². The lowest BCUT2D eigenvalue weighted by atomic mass is 10.1. The van der Waals surface area contributed by atoms with Crippen molar-refractivity contribution in [2.24, 2.45) is 0 Å². The van der Waals surface area contributed by atoms with Crippen molar-refractivity contribution in [3.05, 3.63) is 58.4 Å². The Hall–Kier alpha value is -1.87. The number of amides is 1. The van der Waals surface area contributed by atoms with E-state index in [-0.39, 0.29) is 5.91 Å². The Balaban J connectivity index is 2.27. The molecule has 0 aliphatic rings. The summed E-state index contributed by atoms with van der Waals surface area (Å²) in [5.41, 5.74) is 3.29. The van der Waals surface area contributed by atoms with Gasteiger partial charge >= 0.3 is 0 Å². The van der Waals surface area contributed by atoms with Crippen LogP contribution >= 0.6 is 11.6 Å². The Bertz CT molecular complexity index is 623. The number of anilines is 1. The molecule has 0 aliphatic heterocycles. The van der Waals surface area contributed by atoms with E-state index in [1.807, 2.05) is 31.2 Å². The van der Waals surface area contributed by atoms with E-state index >= 15 is 0 Å². The molecular formula is C16H17ClN2O. The molecular weight excluding hydrogens is 272 g/mol. The fourth-order valence-electron chi connectivity index (χ4n) is 1.94. The molecule has 1 heterocycles. The summed E-state index contributed by atoms with van der Waals surface area (Å²) in [5.74, 6) is -0.160. The molecule has 0 N–H and O–H groups in total. The van der Waals surface area contributed by atoms with Crippen molar-refractivity contribution in [3.63, 3.8) is 0 Å². The summed E-state index contributed by atoms with van der Waals surface area (Å²) < 4.78 is 0. The Kier molecular flexibility index (Phi) is 4.40. The third-order valence-corrected chi connectivity index (χ3v) is 3.57. The van der Waals surface area contributed by atoms with Crippen molar-refractivity contribution in [2.75, 3.05) is 11.9 Å². The van der Waals surface area contributed by atoms with Gasteiger partial charge in [-0.05, 0) is 37.1 Å². The average Bonchev–Trinajstić information content (AvgIpc) is 2.46. The molecule has 0 radical (unpaired) electrons. The van der Waals surface area contributed by atoms with E-state index < -0.39 is 0 Å². The average molecular weight is 289 g/mol. The monoisotopic (exact) mass is 288 g/mol. The van der Waals surface area contributed by atoms with Crippen LogP contribution in [0.5, 0.6) is 0 Å². The SMILES string of the molecule is CCc1ccc(N(C)C(=O)c2cnc(C)cc2Cl)cc1. The number of hydrogen-bond acceptors (Lipinski definition) is 2. The Labute approximate surface area is 124 Å². The van der Waals surface area contributed by atoms with Gasteiger partial charge in [0.05, 0.1) is 10.6 Å². The predicted octanol–water partition coefficient (Wildman–Crippen LogP) is 3.88. The van der Waals surface area contributed by atoms with Gasteiger partial charge in [-0.3, -0.25) is 9.78 Å². The van der Waals surface area contributed by atoms with E-state index in [0.717, 1.165) is 17.8 Å². The number of carbonyl (C=O) groups excluding carboxylic acids is 1. The maximum Gasteiger partial charge on any atom is 0.261 e. The van der Waals surface area contributed by atoms with Crippen molar-refractivity contribution >= 4 is 23.2 Å². The molecule has 0 atom stereocenters. The number of halogens is 1. The van der Waals surface area contributed by atoms with Crippen LogP contribution in [0.1, 0.15) is 28.5 Å². The minimum atomic E-state index is -0.160. The van der Waals surface area contributed by atoms with E-state index in [0.29, 0.717) is 10.6 Å². The van der Waals surface area contributed by atoms with Gasteiger partial charge in [-0.25, -0.2) is 0 Å². The first-order chi connectivity index (χ1) is 9.52. The molecule has 3 nitrogen and oxygen atoms in total. The summed E-state index contributed by atoms with van der Waals surface area (Å²) in [6, 6.07) is 9.61. The van der Waals surface area contributed by atoms with Crippen LogP contribution in [-0.2, 0) is 6.42 Å². The van der Waals surface area contributed by atoms with Gasteiger partial charge in [0, 0.05) is 24.6 Å². The maximum atomic E-state index is 12.4. The lowest BCUT2D eigenvalue weighted by molar-refractivity contribution is 0.0993. The molecule has 0 spiro atoms. The second-order valence-electron chi connectivity index (χ2n) is 4.69. The number of carbonyl (C=O) groups is 1. The lowest BCUT2D eigenvalue weighted by Crippen LogP contribution is -2.26. The second kappa shape index (κ2) is 6.06. The first-order valence-electron chi connectivity index (χ1n) is 6.52. The zero-order chi connectivity index (χ0) is 14.7. The normalized spacial score (nSPS) is 10.4. The third-order valence-electron chi connectivity index (χ3n) is 3.26. The number of pyridine rings is 1. The largest absolute Gasteiger partial charge is 0.311 e. The Morgan fingerprint density at radius 1 is 1.30 bits per heavy atom. The number of aryl methyl sites for hydroxylation is 2. The van der Waals surface area contributed by atoms with Gasteiger partial charge in [-0.2, -0.15) is 0 Å². The number of rotatable bonds is 3. The summed E-state index contributed by atoms with van der Waals surface area (Å²) in [5, 5.41) is 0.430. The summed E-state index contributed by atoms with van der Waals surface area (Å²) in [6.07, 6.45) is 2.50. The van der Waals surface area contributed by atoms with E-state index in [1.165, 1.54) is 11.8 Å². The first-order valence-corrected chi connectivity index (χ1v) is 6.90. The summed E-state index contributed by atoms with van der Waals surface area (Å²) in [6.45, 7) is 3.94. The molecule has 4 heteroatoms. The van der Waals surface area contributed by atoms with Crippen LogP contribution in [0.3, 0.4) is 0 Å². The Morgan fingerprint density at radius 3 is 2.50 bits per heavy atom. The topological polar surface area (TPSA) is 33.2 Å². The zero-order valence-electron chi connectivity index (χ0n) is 11.9. The Morgan fingerprint density at radius 2 is 1.95 bits per heavy atom. The van der Waals surface area contributed by atoms with E-state index in [2.05, 4.69) is 11.9 Å². The molecule has 0 aliphatic carbocycles. The second-order valence-corrected chi connectivity index (χ2v) is 5.10. The molecule has 1 aromatic carbocycles. The summed E-state index contributed by atoms with van der Waals surface area (Å²) in [4.78, 5) is 18.1. The highest BCUT2D eigenvalue weighted by Gasteiger charge is 2.17. The number of nitrogens with zero attached hydrogens (tertiary/aromatic N) is 2. The van der Waals surface area contributed by atoms with Gasteiger partial charge < -0.3 is 4.90 Å². The highest BCUT2D eigenvalue weighted by atomic mass is 35.5. The molecule has 20 heavy (non-hydrogen) atoms. The fraction of sp³-hybridized carbons (Fsp3) is 0.250. The predicted molar refractivity (Wildman–Crippen MR) is 82.5 cm³/mol. The molecule has 0 unspecified atom stereocenters. The first kappa shape index (κ1) is 14.5. The number of hydrogen-bond donors (Lipinski definition) is 0. The number of benzene rings is 1. The van der Waals surface area contributed by atoms with Crippen LogP contribution in [0.2, 0.25) is 5.02 Å².